The molecule has 1 atom stereocenters. The van der Waals surface area contributed by atoms with Gasteiger partial charge in [-0.05, 0) is 12.8 Å². The fourth-order valence-electron chi connectivity index (χ4n) is 1.56. The normalized spacial score (nSPS) is 14.2. The molecule has 17 heavy (non-hydrogen) atoms. The van der Waals surface area contributed by atoms with E-state index in [0.717, 1.165) is 12.8 Å². The van der Waals surface area contributed by atoms with Gasteiger partial charge in [0.05, 0.1) is 12.4 Å². The van der Waals surface area contributed by atoms with Crippen molar-refractivity contribution in [3.63, 3.8) is 0 Å². The minimum Gasteiger partial charge on any atom is -0.381 e. The van der Waals surface area contributed by atoms with Crippen LogP contribution in [0.1, 0.15) is 33.6 Å². The molecule has 0 aliphatic rings. The largest absolute Gasteiger partial charge is 0.381 e. The van der Waals surface area contributed by atoms with Gasteiger partial charge < -0.3 is 4.74 Å². The van der Waals surface area contributed by atoms with Crippen LogP contribution in [0.5, 0.6) is 0 Å². The van der Waals surface area contributed by atoms with E-state index in [-0.39, 0.29) is 17.7 Å². The van der Waals surface area contributed by atoms with Crippen LogP contribution in [0.2, 0.25) is 0 Å². The Morgan fingerprint density at radius 2 is 1.82 bits per heavy atom. The smallest absolute Gasteiger partial charge is 0.213 e. The van der Waals surface area contributed by atoms with E-state index in [1.807, 2.05) is 6.92 Å². The number of nitrogens with one attached hydrogen (secondary N) is 1. The lowest BCUT2D eigenvalue weighted by atomic mass is 9.99. The lowest BCUT2D eigenvalue weighted by Gasteiger charge is -2.19. The Hall–Kier alpha value is 0.160. The summed E-state index contributed by atoms with van der Waals surface area (Å²) in [6.07, 6.45) is 1.93. The fraction of sp³-hybridized carbons (Fsp3) is 1.00. The maximum absolute atomic E-state index is 11.6. The Labute approximate surface area is 110 Å². The summed E-state index contributed by atoms with van der Waals surface area (Å²) in [6, 6.07) is 0. The summed E-state index contributed by atoms with van der Waals surface area (Å²) in [5, 5.41) is -0.146. The van der Waals surface area contributed by atoms with Gasteiger partial charge in [-0.1, -0.05) is 26.7 Å². The molecule has 0 saturated heterocycles. The summed E-state index contributed by atoms with van der Waals surface area (Å²) in [4.78, 5) is 0. The van der Waals surface area contributed by atoms with Gasteiger partial charge >= 0.3 is 0 Å². The van der Waals surface area contributed by atoms with Crippen LogP contribution in [-0.4, -0.2) is 39.3 Å². The van der Waals surface area contributed by atoms with Gasteiger partial charge in [0, 0.05) is 18.5 Å². The molecule has 0 aromatic heterocycles. The number of hydrogen-bond acceptors (Lipinski definition) is 3. The summed E-state index contributed by atoms with van der Waals surface area (Å²) >= 11 is 6.16. The average molecular weight is 286 g/mol. The summed E-state index contributed by atoms with van der Waals surface area (Å²) in [7, 11) is -3.26. The Bertz CT molecular complexity index is 278. The van der Waals surface area contributed by atoms with Crippen molar-refractivity contribution in [3.05, 3.63) is 0 Å². The highest BCUT2D eigenvalue weighted by molar-refractivity contribution is 7.89. The first-order chi connectivity index (χ1) is 7.96. The highest BCUT2D eigenvalue weighted by Crippen LogP contribution is 2.17. The van der Waals surface area contributed by atoms with Gasteiger partial charge in [0.2, 0.25) is 10.0 Å². The number of sulfonamides is 1. The second kappa shape index (κ2) is 9.14. The van der Waals surface area contributed by atoms with Gasteiger partial charge in [0.25, 0.3) is 0 Å². The van der Waals surface area contributed by atoms with Crippen LogP contribution in [0.25, 0.3) is 0 Å². The summed E-state index contributed by atoms with van der Waals surface area (Å²) < 4.78 is 30.7. The zero-order valence-corrected chi connectivity index (χ0v) is 12.5. The van der Waals surface area contributed by atoms with Crippen molar-refractivity contribution in [2.75, 3.05) is 25.5 Å². The third-order valence-corrected chi connectivity index (χ3v) is 4.58. The second-order valence-electron chi connectivity index (χ2n) is 3.96. The van der Waals surface area contributed by atoms with E-state index in [1.54, 1.807) is 0 Å². The Morgan fingerprint density at radius 3 is 2.29 bits per heavy atom. The molecule has 0 radical (unpaired) electrons. The van der Waals surface area contributed by atoms with Crippen LogP contribution in [-0.2, 0) is 14.8 Å². The van der Waals surface area contributed by atoms with E-state index in [1.165, 1.54) is 0 Å². The molecule has 4 nitrogen and oxygen atoms in total. The van der Waals surface area contributed by atoms with Gasteiger partial charge in [-0.15, -0.1) is 11.6 Å². The van der Waals surface area contributed by atoms with Crippen LogP contribution < -0.4 is 4.72 Å². The van der Waals surface area contributed by atoms with Gasteiger partial charge in [-0.3, -0.25) is 0 Å². The van der Waals surface area contributed by atoms with Crippen molar-refractivity contribution in [2.45, 2.75) is 39.0 Å². The molecule has 0 fully saturated rings. The number of rotatable bonds is 10. The molecule has 0 aliphatic carbocycles. The van der Waals surface area contributed by atoms with Crippen LogP contribution in [0.4, 0.5) is 0 Å². The second-order valence-corrected chi connectivity index (χ2v) is 6.44. The summed E-state index contributed by atoms with van der Waals surface area (Å²) in [6.45, 7) is 7.01. The molecule has 1 unspecified atom stereocenters. The Morgan fingerprint density at radius 1 is 1.24 bits per heavy atom. The van der Waals surface area contributed by atoms with Crippen molar-refractivity contribution in [1.82, 2.24) is 4.72 Å². The number of alkyl halides is 1. The molecule has 0 saturated carbocycles. The monoisotopic (exact) mass is 285 g/mol. The molecule has 1 N–H and O–H groups in total. The third kappa shape index (κ3) is 7.97. The van der Waals surface area contributed by atoms with E-state index in [2.05, 4.69) is 18.6 Å². The van der Waals surface area contributed by atoms with E-state index in [4.69, 9.17) is 16.3 Å². The highest BCUT2D eigenvalue weighted by atomic mass is 35.5. The van der Waals surface area contributed by atoms with Gasteiger partial charge in [0.15, 0.2) is 0 Å². The quantitative estimate of drug-likeness (QED) is 0.493. The van der Waals surface area contributed by atoms with Gasteiger partial charge in [0.1, 0.15) is 0 Å². The van der Waals surface area contributed by atoms with Gasteiger partial charge in [-0.25, -0.2) is 13.1 Å². The predicted molar refractivity (Wildman–Crippen MR) is 72.0 cm³/mol. The summed E-state index contributed by atoms with van der Waals surface area (Å²) in [5.74, 6) is 0.346. The lowest BCUT2D eigenvalue weighted by Crippen LogP contribution is -2.35. The molecule has 0 amide bonds. The van der Waals surface area contributed by atoms with Crippen molar-refractivity contribution < 1.29 is 13.2 Å². The van der Waals surface area contributed by atoms with E-state index >= 15 is 0 Å². The molecule has 0 aromatic rings. The molecule has 6 heteroatoms. The number of hydrogen-bond donors (Lipinski definition) is 1. The number of halogens is 1. The van der Waals surface area contributed by atoms with Crippen LogP contribution in [0.3, 0.4) is 0 Å². The van der Waals surface area contributed by atoms with Crippen LogP contribution in [0.15, 0.2) is 0 Å². The third-order valence-electron chi connectivity index (χ3n) is 2.76. The maximum Gasteiger partial charge on any atom is 0.213 e. The number of ether oxygens (including phenoxy) is 1. The Balaban J connectivity index is 4.00. The SMILES string of the molecule is CCOCCS(=O)(=O)NCC(Cl)C(CC)CC. The molecule has 0 bridgehead atoms. The van der Waals surface area contributed by atoms with E-state index in [0.29, 0.717) is 19.1 Å². The molecule has 0 aromatic carbocycles. The molecule has 0 aliphatic heterocycles. The summed E-state index contributed by atoms with van der Waals surface area (Å²) in [5.41, 5.74) is 0. The van der Waals surface area contributed by atoms with E-state index < -0.39 is 10.0 Å². The first kappa shape index (κ1) is 17.2. The van der Waals surface area contributed by atoms with E-state index in [9.17, 15) is 8.42 Å². The molecule has 0 rings (SSSR count). The van der Waals surface area contributed by atoms with Crippen LogP contribution >= 0.6 is 11.6 Å². The average Bonchev–Trinajstić information content (AvgIpc) is 2.28. The standard InChI is InChI=1S/C11H24ClNO3S/c1-4-10(5-2)11(12)9-13-17(14,15)8-7-16-6-3/h10-11,13H,4-9H2,1-3H3. The minimum absolute atomic E-state index is 0.00658. The first-order valence-electron chi connectivity index (χ1n) is 6.15. The first-order valence-corrected chi connectivity index (χ1v) is 8.24. The topological polar surface area (TPSA) is 55.4 Å². The molecular formula is C11H24ClNO3S. The maximum atomic E-state index is 11.6. The van der Waals surface area contributed by atoms with Gasteiger partial charge in [-0.2, -0.15) is 0 Å². The van der Waals surface area contributed by atoms with Crippen molar-refractivity contribution in [2.24, 2.45) is 5.92 Å². The highest BCUT2D eigenvalue weighted by Gasteiger charge is 2.18. The van der Waals surface area contributed by atoms with Crippen molar-refractivity contribution in [3.8, 4) is 0 Å². The predicted octanol–water partition coefficient (Wildman–Crippen LogP) is 1.99. The van der Waals surface area contributed by atoms with Crippen molar-refractivity contribution >= 4 is 21.6 Å². The zero-order valence-electron chi connectivity index (χ0n) is 10.9. The molecular weight excluding hydrogens is 262 g/mol. The van der Waals surface area contributed by atoms with Crippen LogP contribution in [0, 0.1) is 5.92 Å². The molecule has 104 valence electrons. The van der Waals surface area contributed by atoms with Crippen molar-refractivity contribution in [1.29, 1.82) is 0 Å². The Kier molecular flexibility index (Phi) is 9.22. The molecule has 0 heterocycles. The fourth-order valence-corrected chi connectivity index (χ4v) is 3.00. The zero-order chi connectivity index (χ0) is 13.3. The lowest BCUT2D eigenvalue weighted by molar-refractivity contribution is 0.163. The molecule has 0 spiro atoms. The minimum atomic E-state index is -3.26.